The van der Waals surface area contributed by atoms with E-state index in [0.717, 1.165) is 6.07 Å². The monoisotopic (exact) mass is 232 g/mol. The van der Waals surface area contributed by atoms with E-state index in [1.165, 1.54) is 24.3 Å². The second kappa shape index (κ2) is 6.18. The van der Waals surface area contributed by atoms with Crippen molar-refractivity contribution in [1.29, 1.82) is 0 Å². The first-order valence-corrected chi connectivity index (χ1v) is 5.34. The van der Waals surface area contributed by atoms with E-state index in [2.05, 4.69) is 6.58 Å². The Morgan fingerprint density at radius 2 is 1.93 bits per heavy atom. The van der Waals surface area contributed by atoms with E-state index in [-0.39, 0.29) is 17.3 Å². The second-order valence-electron chi connectivity index (χ2n) is 2.44. The van der Waals surface area contributed by atoms with E-state index >= 15 is 0 Å². The van der Waals surface area contributed by atoms with Gasteiger partial charge in [-0.2, -0.15) is 8.42 Å². The smallest absolute Gasteiger partial charge is 0.294 e. The molecule has 1 rings (SSSR count). The van der Waals surface area contributed by atoms with Gasteiger partial charge in [-0.25, -0.2) is 0 Å². The van der Waals surface area contributed by atoms with Crippen molar-refractivity contribution in [2.45, 2.75) is 4.90 Å². The number of benzene rings is 1. The van der Waals surface area contributed by atoms with Gasteiger partial charge in [-0.1, -0.05) is 12.1 Å². The van der Waals surface area contributed by atoms with E-state index in [4.69, 9.17) is 14.8 Å². The van der Waals surface area contributed by atoms with E-state index in [1.54, 1.807) is 0 Å². The van der Waals surface area contributed by atoms with Crippen molar-refractivity contribution in [3.8, 4) is 5.75 Å². The number of aliphatic hydroxyl groups excluding tert-OH is 1. The first kappa shape index (κ1) is 13.6. The summed E-state index contributed by atoms with van der Waals surface area (Å²) in [4.78, 5) is -0.308. The van der Waals surface area contributed by atoms with Gasteiger partial charge in [0.25, 0.3) is 10.1 Å². The fourth-order valence-corrected chi connectivity index (χ4v) is 1.16. The lowest BCUT2D eigenvalue weighted by Crippen LogP contribution is -1.96. The van der Waals surface area contributed by atoms with Crippen LogP contribution < -0.4 is 0 Å². The van der Waals surface area contributed by atoms with E-state index in [9.17, 15) is 8.42 Å². The number of rotatable bonds is 2. The first-order chi connectivity index (χ1) is 6.91. The predicted octanol–water partition coefficient (Wildman–Crippen LogP) is 0.804. The van der Waals surface area contributed by atoms with Crippen LogP contribution in [0.25, 0.3) is 0 Å². The van der Waals surface area contributed by atoms with Crippen LogP contribution in [-0.4, -0.2) is 29.8 Å². The van der Waals surface area contributed by atoms with Gasteiger partial charge in [-0.15, -0.1) is 6.58 Å². The van der Waals surface area contributed by atoms with Crippen LogP contribution in [0.3, 0.4) is 0 Å². The molecule has 0 aliphatic heterocycles. The minimum absolute atomic E-state index is 0.0833. The number of hydrogen-bond acceptors (Lipinski definition) is 4. The molecule has 0 amide bonds. The minimum Gasteiger partial charge on any atom is -0.508 e. The molecule has 0 saturated heterocycles. The Balaban J connectivity index is 0.000000423. The molecule has 84 valence electrons. The van der Waals surface area contributed by atoms with Gasteiger partial charge in [0.2, 0.25) is 0 Å². The van der Waals surface area contributed by atoms with Crippen LogP contribution in [0.4, 0.5) is 0 Å². The average molecular weight is 232 g/mol. The average Bonchev–Trinajstić information content (AvgIpc) is 2.17. The zero-order valence-electron chi connectivity index (χ0n) is 7.87. The molecule has 6 heteroatoms. The van der Waals surface area contributed by atoms with Crippen molar-refractivity contribution in [2.75, 3.05) is 6.61 Å². The molecule has 0 aromatic heterocycles. The molecule has 15 heavy (non-hydrogen) atoms. The lowest BCUT2D eigenvalue weighted by atomic mass is 10.3. The van der Waals surface area contributed by atoms with Crippen molar-refractivity contribution in [3.05, 3.63) is 36.9 Å². The van der Waals surface area contributed by atoms with Gasteiger partial charge >= 0.3 is 0 Å². The summed E-state index contributed by atoms with van der Waals surface area (Å²) >= 11 is 0. The van der Waals surface area contributed by atoms with Crippen LogP contribution in [0.1, 0.15) is 0 Å². The minimum atomic E-state index is -4.19. The molecule has 0 heterocycles. The molecule has 5 nitrogen and oxygen atoms in total. The Morgan fingerprint density at radius 3 is 2.20 bits per heavy atom. The van der Waals surface area contributed by atoms with Gasteiger partial charge in [0.05, 0.1) is 11.5 Å². The summed E-state index contributed by atoms with van der Waals surface area (Å²) in [6.07, 6.45) is 1.43. The summed E-state index contributed by atoms with van der Waals surface area (Å²) in [6, 6.07) is 4.80. The van der Waals surface area contributed by atoms with Crippen LogP contribution in [0.2, 0.25) is 0 Å². The van der Waals surface area contributed by atoms with Crippen molar-refractivity contribution in [1.82, 2.24) is 0 Å². The summed E-state index contributed by atoms with van der Waals surface area (Å²) in [6.45, 7) is 3.31. The van der Waals surface area contributed by atoms with Crippen LogP contribution in [0.5, 0.6) is 5.75 Å². The molecule has 0 spiro atoms. The Hall–Kier alpha value is -1.37. The quantitative estimate of drug-likeness (QED) is 0.518. The normalized spacial score (nSPS) is 10.0. The standard InChI is InChI=1S/C6H6O4S.C3H6O/c7-5-2-1-3-6(4-5)11(8,9)10;1-2-3-4/h1-4,7H,(H,8,9,10);2,4H,1,3H2. The lowest BCUT2D eigenvalue weighted by Gasteiger charge is -1.95. The fourth-order valence-electron chi connectivity index (χ4n) is 0.644. The SMILES string of the molecule is C=CCO.O=S(=O)(O)c1cccc(O)c1. The first-order valence-electron chi connectivity index (χ1n) is 3.90. The molecule has 0 aliphatic carbocycles. The van der Waals surface area contributed by atoms with Crippen LogP contribution in [-0.2, 0) is 10.1 Å². The van der Waals surface area contributed by atoms with Gasteiger partial charge in [-0.3, -0.25) is 4.55 Å². The number of phenolic OH excluding ortho intramolecular Hbond substituents is 1. The highest BCUT2D eigenvalue weighted by atomic mass is 32.2. The van der Waals surface area contributed by atoms with Crippen molar-refractivity contribution in [3.63, 3.8) is 0 Å². The van der Waals surface area contributed by atoms with E-state index < -0.39 is 10.1 Å². The summed E-state index contributed by atoms with van der Waals surface area (Å²) in [7, 11) is -4.19. The Morgan fingerprint density at radius 1 is 1.40 bits per heavy atom. The third-order valence-corrected chi connectivity index (χ3v) is 2.09. The van der Waals surface area contributed by atoms with Crippen LogP contribution in [0, 0.1) is 0 Å². The Bertz CT molecular complexity index is 410. The van der Waals surface area contributed by atoms with Gasteiger partial charge < -0.3 is 10.2 Å². The summed E-state index contributed by atoms with van der Waals surface area (Å²) in [5, 5.41) is 16.6. The maximum atomic E-state index is 10.4. The third-order valence-electron chi connectivity index (χ3n) is 1.24. The van der Waals surface area contributed by atoms with Crippen LogP contribution >= 0.6 is 0 Å². The van der Waals surface area contributed by atoms with Gasteiger partial charge in [0.15, 0.2) is 0 Å². The fraction of sp³-hybridized carbons (Fsp3) is 0.111. The van der Waals surface area contributed by atoms with Crippen molar-refractivity contribution in [2.24, 2.45) is 0 Å². The van der Waals surface area contributed by atoms with Gasteiger partial charge in [-0.05, 0) is 12.1 Å². The summed E-state index contributed by atoms with van der Waals surface area (Å²) in [5.41, 5.74) is 0. The maximum absolute atomic E-state index is 10.4. The number of aliphatic hydroxyl groups is 1. The van der Waals surface area contributed by atoms with E-state index in [1.807, 2.05) is 0 Å². The number of aromatic hydroxyl groups is 1. The molecule has 3 N–H and O–H groups in total. The predicted molar refractivity (Wildman–Crippen MR) is 55.2 cm³/mol. The van der Waals surface area contributed by atoms with Gasteiger partial charge in [0.1, 0.15) is 5.75 Å². The topological polar surface area (TPSA) is 94.8 Å². The highest BCUT2D eigenvalue weighted by Gasteiger charge is 2.08. The zero-order chi connectivity index (χ0) is 11.9. The van der Waals surface area contributed by atoms with E-state index in [0.29, 0.717) is 0 Å². The zero-order valence-corrected chi connectivity index (χ0v) is 8.68. The molecule has 0 radical (unpaired) electrons. The third kappa shape index (κ3) is 5.84. The summed E-state index contributed by atoms with van der Waals surface area (Å²) < 4.78 is 29.3. The largest absolute Gasteiger partial charge is 0.508 e. The molecule has 0 fully saturated rings. The molecule has 0 bridgehead atoms. The highest BCUT2D eigenvalue weighted by molar-refractivity contribution is 7.85. The maximum Gasteiger partial charge on any atom is 0.294 e. The number of phenols is 1. The molecular weight excluding hydrogens is 220 g/mol. The molecule has 1 aromatic rings. The Labute approximate surface area is 88.1 Å². The molecule has 0 saturated carbocycles. The van der Waals surface area contributed by atoms with Gasteiger partial charge in [0, 0.05) is 6.07 Å². The Kier molecular flexibility index (Phi) is 5.61. The highest BCUT2D eigenvalue weighted by Crippen LogP contribution is 2.14. The molecule has 0 aliphatic rings. The molecule has 0 unspecified atom stereocenters. The van der Waals surface area contributed by atoms with Crippen LogP contribution in [0.15, 0.2) is 41.8 Å². The summed E-state index contributed by atoms with van der Waals surface area (Å²) in [5.74, 6) is -0.194. The number of hydrogen-bond donors (Lipinski definition) is 3. The van der Waals surface area contributed by atoms with Crippen molar-refractivity contribution >= 4 is 10.1 Å². The molecule has 1 aromatic carbocycles. The second-order valence-corrected chi connectivity index (χ2v) is 3.87. The van der Waals surface area contributed by atoms with Crippen molar-refractivity contribution < 1.29 is 23.2 Å². The molecular formula is C9H12O5S. The lowest BCUT2D eigenvalue weighted by molar-refractivity contribution is 0.343. The molecule has 0 atom stereocenters.